The van der Waals surface area contributed by atoms with E-state index in [1.807, 2.05) is 16.8 Å². The lowest BCUT2D eigenvalue weighted by Gasteiger charge is -2.12. The van der Waals surface area contributed by atoms with E-state index in [1.165, 1.54) is 12.8 Å². The molecule has 6 nitrogen and oxygen atoms in total. The van der Waals surface area contributed by atoms with E-state index in [0.29, 0.717) is 17.4 Å². The highest BCUT2D eigenvalue weighted by Gasteiger charge is 2.22. The number of rotatable bonds is 6. The van der Waals surface area contributed by atoms with Crippen LogP contribution in [0.5, 0.6) is 5.75 Å². The van der Waals surface area contributed by atoms with Crippen molar-refractivity contribution in [3.05, 3.63) is 29.3 Å². The highest BCUT2D eigenvalue weighted by atomic mass is 32.2. The third-order valence-electron chi connectivity index (χ3n) is 4.18. The minimum absolute atomic E-state index is 0.0506. The number of hydrogen-bond donors (Lipinski definition) is 0. The molecule has 0 spiro atoms. The predicted octanol–water partition coefficient (Wildman–Crippen LogP) is 3.29. The van der Waals surface area contributed by atoms with Crippen molar-refractivity contribution in [3.8, 4) is 5.75 Å². The fourth-order valence-corrected chi connectivity index (χ4v) is 3.83. The lowest BCUT2D eigenvalue weighted by molar-refractivity contribution is 0.101. The molecule has 0 amide bonds. The highest BCUT2D eigenvalue weighted by molar-refractivity contribution is 7.98. The molecular formula is C16H20N4O2S. The molecule has 0 aliphatic heterocycles. The van der Waals surface area contributed by atoms with Gasteiger partial charge in [-0.1, -0.05) is 24.6 Å². The molecule has 0 saturated heterocycles. The first-order chi connectivity index (χ1) is 11.2. The van der Waals surface area contributed by atoms with Gasteiger partial charge in [-0.3, -0.25) is 4.79 Å². The van der Waals surface area contributed by atoms with Crippen LogP contribution in [0.15, 0.2) is 23.4 Å². The number of benzene rings is 1. The van der Waals surface area contributed by atoms with E-state index in [1.54, 1.807) is 31.9 Å². The van der Waals surface area contributed by atoms with Gasteiger partial charge >= 0.3 is 0 Å². The lowest BCUT2D eigenvalue weighted by Crippen LogP contribution is -2.08. The number of methoxy groups -OCH3 is 1. The average Bonchev–Trinajstić information content (AvgIpc) is 3.23. The van der Waals surface area contributed by atoms with Crippen molar-refractivity contribution >= 4 is 17.5 Å². The van der Waals surface area contributed by atoms with Gasteiger partial charge in [0, 0.05) is 16.9 Å². The molecule has 0 atom stereocenters. The molecule has 0 unspecified atom stereocenters. The topological polar surface area (TPSA) is 69.9 Å². The van der Waals surface area contributed by atoms with Crippen LogP contribution in [0.3, 0.4) is 0 Å². The van der Waals surface area contributed by atoms with E-state index in [4.69, 9.17) is 4.74 Å². The van der Waals surface area contributed by atoms with Gasteiger partial charge in [-0.25, -0.2) is 4.68 Å². The Balaban J connectivity index is 1.77. The van der Waals surface area contributed by atoms with Crippen molar-refractivity contribution < 1.29 is 9.53 Å². The number of aromatic nitrogens is 4. The number of Topliss-reactive ketones (excluding diaryl/α,β-unsaturated/α-hetero) is 1. The van der Waals surface area contributed by atoms with Crippen LogP contribution in [0.1, 0.15) is 54.6 Å². The molecule has 23 heavy (non-hydrogen) atoms. The van der Waals surface area contributed by atoms with Crippen LogP contribution >= 0.6 is 11.8 Å². The minimum Gasteiger partial charge on any atom is -0.496 e. The van der Waals surface area contributed by atoms with Crippen LogP contribution in [-0.4, -0.2) is 33.1 Å². The van der Waals surface area contributed by atoms with Crippen LogP contribution in [0.2, 0.25) is 0 Å². The first-order valence-corrected chi connectivity index (χ1v) is 8.76. The molecule has 0 radical (unpaired) electrons. The summed E-state index contributed by atoms with van der Waals surface area (Å²) in [5.74, 6) is 1.49. The van der Waals surface area contributed by atoms with Gasteiger partial charge < -0.3 is 4.74 Å². The van der Waals surface area contributed by atoms with E-state index < -0.39 is 0 Å². The molecule has 7 heteroatoms. The number of ketones is 1. The van der Waals surface area contributed by atoms with E-state index >= 15 is 0 Å². The summed E-state index contributed by atoms with van der Waals surface area (Å²) in [5.41, 5.74) is 1.67. The van der Waals surface area contributed by atoms with Crippen LogP contribution < -0.4 is 4.74 Å². The lowest BCUT2D eigenvalue weighted by atomic mass is 10.1. The molecule has 0 N–H and O–H groups in total. The maximum Gasteiger partial charge on any atom is 0.209 e. The summed E-state index contributed by atoms with van der Waals surface area (Å²) in [4.78, 5) is 11.6. The second-order valence-electron chi connectivity index (χ2n) is 5.72. The first-order valence-electron chi connectivity index (χ1n) is 7.77. The quantitative estimate of drug-likeness (QED) is 0.597. The molecule has 1 aliphatic rings. The number of nitrogens with zero attached hydrogens (tertiary/aromatic N) is 4. The number of tetrazole rings is 1. The Morgan fingerprint density at radius 1 is 1.39 bits per heavy atom. The second kappa shape index (κ2) is 7.12. The van der Waals surface area contributed by atoms with Crippen LogP contribution in [0.4, 0.5) is 0 Å². The van der Waals surface area contributed by atoms with Gasteiger partial charge in [-0.05, 0) is 48.4 Å². The van der Waals surface area contributed by atoms with Gasteiger partial charge in [0.1, 0.15) is 5.75 Å². The molecule has 1 fully saturated rings. The number of thioether (sulfide) groups is 1. The monoisotopic (exact) mass is 332 g/mol. The molecule has 1 aliphatic carbocycles. The Bertz CT molecular complexity index is 695. The fraction of sp³-hybridized carbons (Fsp3) is 0.500. The van der Waals surface area contributed by atoms with Crippen LogP contribution in [-0.2, 0) is 5.75 Å². The highest BCUT2D eigenvalue weighted by Crippen LogP contribution is 2.33. The van der Waals surface area contributed by atoms with Crippen molar-refractivity contribution in [2.24, 2.45) is 0 Å². The maximum atomic E-state index is 11.6. The van der Waals surface area contributed by atoms with E-state index in [-0.39, 0.29) is 5.78 Å². The summed E-state index contributed by atoms with van der Waals surface area (Å²) in [7, 11) is 1.64. The Kier molecular flexibility index (Phi) is 4.95. The van der Waals surface area contributed by atoms with Gasteiger partial charge in [0.05, 0.1) is 13.2 Å². The average molecular weight is 332 g/mol. The minimum atomic E-state index is 0.0506. The third-order valence-corrected chi connectivity index (χ3v) is 5.16. The number of hydrogen-bond acceptors (Lipinski definition) is 6. The normalized spacial score (nSPS) is 15.0. The molecule has 3 rings (SSSR count). The SMILES string of the molecule is COc1ccc(C(C)=O)cc1CSc1nnnn1C1CCCC1. The van der Waals surface area contributed by atoms with Crippen molar-refractivity contribution in [2.45, 2.75) is 49.6 Å². The largest absolute Gasteiger partial charge is 0.496 e. The van der Waals surface area contributed by atoms with Gasteiger partial charge in [0.25, 0.3) is 0 Å². The zero-order valence-corrected chi connectivity index (χ0v) is 14.2. The smallest absolute Gasteiger partial charge is 0.209 e. The fourth-order valence-electron chi connectivity index (χ4n) is 2.91. The van der Waals surface area contributed by atoms with Crippen molar-refractivity contribution in [2.75, 3.05) is 7.11 Å². The van der Waals surface area contributed by atoms with Crippen molar-refractivity contribution in [1.82, 2.24) is 20.2 Å². The molecule has 2 aromatic rings. The van der Waals surface area contributed by atoms with Crippen LogP contribution in [0, 0.1) is 0 Å². The molecular weight excluding hydrogens is 312 g/mol. The first kappa shape index (κ1) is 16.0. The zero-order chi connectivity index (χ0) is 16.2. The number of carbonyl (C=O) groups excluding carboxylic acids is 1. The third kappa shape index (κ3) is 3.55. The number of carbonyl (C=O) groups is 1. The van der Waals surface area contributed by atoms with E-state index in [0.717, 1.165) is 29.3 Å². The Morgan fingerprint density at radius 2 is 2.17 bits per heavy atom. The van der Waals surface area contributed by atoms with Crippen molar-refractivity contribution in [3.63, 3.8) is 0 Å². The molecule has 122 valence electrons. The maximum absolute atomic E-state index is 11.6. The predicted molar refractivity (Wildman–Crippen MR) is 87.9 cm³/mol. The molecule has 1 aromatic heterocycles. The number of ether oxygens (including phenoxy) is 1. The zero-order valence-electron chi connectivity index (χ0n) is 13.4. The van der Waals surface area contributed by atoms with E-state index in [9.17, 15) is 4.79 Å². The molecule has 0 bridgehead atoms. The summed E-state index contributed by atoms with van der Waals surface area (Å²) in [6.07, 6.45) is 4.76. The molecule has 1 saturated carbocycles. The molecule has 1 heterocycles. The Hall–Kier alpha value is -1.89. The standard InChI is InChI=1S/C16H20N4O2S/c1-11(21)12-7-8-15(22-2)13(9-12)10-23-16-17-18-19-20(16)14-5-3-4-6-14/h7-9,14H,3-6,10H2,1-2H3. The molecule has 1 aromatic carbocycles. The summed E-state index contributed by atoms with van der Waals surface area (Å²) < 4.78 is 7.34. The summed E-state index contributed by atoms with van der Waals surface area (Å²) in [5, 5.41) is 12.9. The van der Waals surface area contributed by atoms with Crippen molar-refractivity contribution in [1.29, 1.82) is 0 Å². The summed E-state index contributed by atoms with van der Waals surface area (Å²) >= 11 is 1.58. The van der Waals surface area contributed by atoms with E-state index in [2.05, 4.69) is 15.5 Å². The Morgan fingerprint density at radius 3 is 2.87 bits per heavy atom. The Labute approximate surface area is 139 Å². The summed E-state index contributed by atoms with van der Waals surface area (Å²) in [6, 6.07) is 5.93. The van der Waals surface area contributed by atoms with Gasteiger partial charge in [-0.2, -0.15) is 0 Å². The second-order valence-corrected chi connectivity index (χ2v) is 6.66. The summed E-state index contributed by atoms with van der Waals surface area (Å²) in [6.45, 7) is 1.57. The van der Waals surface area contributed by atoms with Crippen LogP contribution in [0.25, 0.3) is 0 Å². The van der Waals surface area contributed by atoms with Gasteiger partial charge in [0.2, 0.25) is 5.16 Å². The van der Waals surface area contributed by atoms with Gasteiger partial charge in [0.15, 0.2) is 5.78 Å². The van der Waals surface area contributed by atoms with Gasteiger partial charge in [-0.15, -0.1) is 5.10 Å².